The second-order valence-corrected chi connectivity index (χ2v) is 11.0. The van der Waals surface area contributed by atoms with E-state index in [9.17, 15) is 13.2 Å². The Morgan fingerprint density at radius 3 is 2.29 bits per heavy atom. The minimum Gasteiger partial charge on any atom is -0.456 e. The number of hydrogen-bond acceptors (Lipinski definition) is 6. The molecule has 1 aromatic heterocycles. The summed E-state index contributed by atoms with van der Waals surface area (Å²) in [5, 5.41) is 0. The summed E-state index contributed by atoms with van der Waals surface area (Å²) >= 11 is 0. The van der Waals surface area contributed by atoms with Gasteiger partial charge in [-0.1, -0.05) is 48.0 Å². The largest absolute Gasteiger partial charge is 0.456 e. The van der Waals surface area contributed by atoms with E-state index in [4.69, 9.17) is 15.2 Å². The van der Waals surface area contributed by atoms with Crippen molar-refractivity contribution in [3.63, 3.8) is 0 Å². The standard InChI is InChI=1S/C26H32N2O5S/c1-19-10-12-21(13-11-19)34(30,31)28-16-14-22(25(29)33-26(2,3)4)24(28)23(27)15-17-32-18-20-8-6-5-7-9-20/h5-14,16,23H,15,17-18,27H2,1-4H3/t23-/m1/s1. The van der Waals surface area contributed by atoms with Crippen molar-refractivity contribution in [1.82, 2.24) is 3.97 Å². The molecule has 8 heteroatoms. The molecule has 0 aliphatic rings. The van der Waals surface area contributed by atoms with Gasteiger partial charge in [0.15, 0.2) is 0 Å². The minimum absolute atomic E-state index is 0.109. The summed E-state index contributed by atoms with van der Waals surface area (Å²) in [7, 11) is -3.97. The number of esters is 1. The highest BCUT2D eigenvalue weighted by molar-refractivity contribution is 7.90. The molecule has 0 radical (unpaired) electrons. The molecule has 0 spiro atoms. The Balaban J connectivity index is 1.89. The lowest BCUT2D eigenvalue weighted by atomic mass is 10.1. The SMILES string of the molecule is Cc1ccc(S(=O)(=O)n2ccc(C(=O)OC(C)(C)C)c2[C@H](N)CCOCc2ccccc2)cc1. The van der Waals surface area contributed by atoms with Gasteiger partial charge in [0.2, 0.25) is 0 Å². The molecule has 1 atom stereocenters. The molecule has 0 fully saturated rings. The van der Waals surface area contributed by atoms with Crippen LogP contribution in [0.25, 0.3) is 0 Å². The van der Waals surface area contributed by atoms with Crippen LogP contribution in [0, 0.1) is 6.92 Å². The second kappa shape index (κ2) is 10.5. The van der Waals surface area contributed by atoms with E-state index in [-0.39, 0.29) is 16.2 Å². The molecule has 0 aliphatic carbocycles. The average molecular weight is 485 g/mol. The summed E-state index contributed by atoms with van der Waals surface area (Å²) in [6, 6.07) is 16.9. The molecule has 0 unspecified atom stereocenters. The van der Waals surface area contributed by atoms with Gasteiger partial charge in [-0.05, 0) is 57.9 Å². The van der Waals surface area contributed by atoms with Crippen LogP contribution < -0.4 is 5.73 Å². The Kier molecular flexibility index (Phi) is 7.97. The third-order valence-electron chi connectivity index (χ3n) is 5.12. The number of nitrogens with zero attached hydrogens (tertiary/aromatic N) is 1. The van der Waals surface area contributed by atoms with E-state index in [1.807, 2.05) is 37.3 Å². The molecule has 1 heterocycles. The fraction of sp³-hybridized carbons (Fsp3) is 0.346. The molecule has 3 aromatic rings. The van der Waals surface area contributed by atoms with Gasteiger partial charge in [0.1, 0.15) is 5.60 Å². The minimum atomic E-state index is -3.97. The van der Waals surface area contributed by atoms with Crippen LogP contribution in [0.3, 0.4) is 0 Å². The summed E-state index contributed by atoms with van der Waals surface area (Å²) in [6.45, 7) is 7.84. The summed E-state index contributed by atoms with van der Waals surface area (Å²) in [5.41, 5.74) is 7.97. The lowest BCUT2D eigenvalue weighted by Gasteiger charge is -2.22. The predicted octanol–water partition coefficient (Wildman–Crippen LogP) is 4.60. The Morgan fingerprint density at radius 2 is 1.68 bits per heavy atom. The zero-order valence-electron chi connectivity index (χ0n) is 20.0. The van der Waals surface area contributed by atoms with Gasteiger partial charge < -0.3 is 15.2 Å². The maximum absolute atomic E-state index is 13.4. The van der Waals surface area contributed by atoms with Crippen LogP contribution in [0.1, 0.15) is 60.4 Å². The van der Waals surface area contributed by atoms with Crippen molar-refractivity contribution in [3.8, 4) is 0 Å². The molecule has 0 amide bonds. The van der Waals surface area contributed by atoms with Crippen LogP contribution in [0.15, 0.2) is 71.8 Å². The fourth-order valence-electron chi connectivity index (χ4n) is 3.44. The van der Waals surface area contributed by atoms with Gasteiger partial charge in [0.25, 0.3) is 10.0 Å². The van der Waals surface area contributed by atoms with E-state index >= 15 is 0 Å². The van der Waals surface area contributed by atoms with Crippen LogP contribution in [0.2, 0.25) is 0 Å². The number of rotatable bonds is 9. The maximum atomic E-state index is 13.4. The van der Waals surface area contributed by atoms with E-state index in [0.29, 0.717) is 19.6 Å². The molecule has 2 aromatic carbocycles. The molecule has 0 bridgehead atoms. The molecule has 7 nitrogen and oxygen atoms in total. The fourth-order valence-corrected chi connectivity index (χ4v) is 4.86. The van der Waals surface area contributed by atoms with Crippen LogP contribution in [0.5, 0.6) is 0 Å². The Labute approximate surface area is 201 Å². The molecule has 182 valence electrons. The highest BCUT2D eigenvalue weighted by atomic mass is 32.2. The van der Waals surface area contributed by atoms with Crippen LogP contribution in [-0.4, -0.2) is 30.6 Å². The number of aryl methyl sites for hydroxylation is 1. The molecule has 2 N–H and O–H groups in total. The van der Waals surface area contributed by atoms with Crippen molar-refractivity contribution < 1.29 is 22.7 Å². The third-order valence-corrected chi connectivity index (χ3v) is 6.83. The molecule has 3 rings (SSSR count). The van der Waals surface area contributed by atoms with Crippen molar-refractivity contribution in [2.24, 2.45) is 5.73 Å². The number of carbonyl (C=O) groups excluding carboxylic acids is 1. The first-order valence-electron chi connectivity index (χ1n) is 11.1. The predicted molar refractivity (Wildman–Crippen MR) is 131 cm³/mol. The maximum Gasteiger partial charge on any atom is 0.340 e. The molecule has 0 saturated carbocycles. The van der Waals surface area contributed by atoms with Gasteiger partial charge in [-0.3, -0.25) is 0 Å². The number of ether oxygens (including phenoxy) is 2. The zero-order valence-corrected chi connectivity index (χ0v) is 20.8. The number of nitrogens with two attached hydrogens (primary N) is 1. The van der Waals surface area contributed by atoms with Gasteiger partial charge in [0.05, 0.1) is 22.8 Å². The molecule has 34 heavy (non-hydrogen) atoms. The van der Waals surface area contributed by atoms with Gasteiger partial charge in [-0.15, -0.1) is 0 Å². The van der Waals surface area contributed by atoms with Crippen molar-refractivity contribution >= 4 is 16.0 Å². The lowest BCUT2D eigenvalue weighted by Crippen LogP contribution is -2.27. The number of hydrogen-bond donors (Lipinski definition) is 1. The van der Waals surface area contributed by atoms with Crippen molar-refractivity contribution in [2.75, 3.05) is 6.61 Å². The van der Waals surface area contributed by atoms with E-state index in [1.165, 1.54) is 24.4 Å². The van der Waals surface area contributed by atoms with E-state index in [2.05, 4.69) is 0 Å². The van der Waals surface area contributed by atoms with Gasteiger partial charge in [0, 0.05) is 18.8 Å². The second-order valence-electron chi connectivity index (χ2n) is 9.16. The first kappa shape index (κ1) is 25.7. The summed E-state index contributed by atoms with van der Waals surface area (Å²) < 4.78 is 39.2. The topological polar surface area (TPSA) is 101 Å². The summed E-state index contributed by atoms with van der Waals surface area (Å²) in [6.07, 6.45) is 1.67. The number of aromatic nitrogens is 1. The average Bonchev–Trinajstić information content (AvgIpc) is 3.23. The van der Waals surface area contributed by atoms with Crippen molar-refractivity contribution in [3.05, 3.63) is 89.2 Å². The highest BCUT2D eigenvalue weighted by Crippen LogP contribution is 2.27. The molecule has 0 aliphatic heterocycles. The molecule has 0 saturated heterocycles. The summed E-state index contributed by atoms with van der Waals surface area (Å²) in [5.74, 6) is -0.624. The Bertz CT molecular complexity index is 1210. The van der Waals surface area contributed by atoms with Crippen molar-refractivity contribution in [2.45, 2.75) is 57.3 Å². The highest BCUT2D eigenvalue weighted by Gasteiger charge is 2.30. The first-order valence-corrected chi connectivity index (χ1v) is 12.6. The Morgan fingerprint density at radius 1 is 1.03 bits per heavy atom. The lowest BCUT2D eigenvalue weighted by molar-refractivity contribution is 0.00674. The zero-order chi connectivity index (χ0) is 24.9. The van der Waals surface area contributed by atoms with Gasteiger partial charge in [-0.25, -0.2) is 17.2 Å². The molecular formula is C26H32N2O5S. The monoisotopic (exact) mass is 484 g/mol. The number of benzene rings is 2. The first-order chi connectivity index (χ1) is 16.0. The third kappa shape index (κ3) is 6.34. The van der Waals surface area contributed by atoms with Crippen molar-refractivity contribution in [1.29, 1.82) is 0 Å². The van der Waals surface area contributed by atoms with E-state index in [0.717, 1.165) is 15.1 Å². The van der Waals surface area contributed by atoms with Crippen LogP contribution in [0.4, 0.5) is 0 Å². The molecular weight excluding hydrogens is 452 g/mol. The number of carbonyl (C=O) groups is 1. The Hall–Kier alpha value is -2.94. The smallest absolute Gasteiger partial charge is 0.340 e. The quantitative estimate of drug-likeness (QED) is 0.352. The van der Waals surface area contributed by atoms with E-state index in [1.54, 1.807) is 32.9 Å². The normalized spacial score (nSPS) is 13.0. The summed E-state index contributed by atoms with van der Waals surface area (Å²) in [4.78, 5) is 13.0. The van der Waals surface area contributed by atoms with Crippen LogP contribution in [-0.2, 0) is 26.1 Å². The van der Waals surface area contributed by atoms with Crippen LogP contribution >= 0.6 is 0 Å². The van der Waals surface area contributed by atoms with Gasteiger partial charge >= 0.3 is 5.97 Å². The van der Waals surface area contributed by atoms with Gasteiger partial charge in [-0.2, -0.15) is 0 Å². The van der Waals surface area contributed by atoms with E-state index < -0.39 is 27.6 Å².